The van der Waals surface area contributed by atoms with Gasteiger partial charge in [0.25, 0.3) is 0 Å². The van der Waals surface area contributed by atoms with Crippen molar-refractivity contribution in [1.82, 2.24) is 9.97 Å². The first-order valence-corrected chi connectivity index (χ1v) is 9.60. The summed E-state index contributed by atoms with van der Waals surface area (Å²) in [5, 5.41) is 6.33. The fourth-order valence-corrected chi connectivity index (χ4v) is 4.31. The highest BCUT2D eigenvalue weighted by atomic mass is 32.2. The van der Waals surface area contributed by atoms with Gasteiger partial charge in [-0.15, -0.1) is 0 Å². The number of aromatic nitrogens is 2. The highest BCUT2D eigenvalue weighted by Crippen LogP contribution is 2.17. The molecule has 0 saturated carbocycles. The minimum atomic E-state index is -2.92. The lowest BCUT2D eigenvalue weighted by molar-refractivity contribution is 0.602. The van der Waals surface area contributed by atoms with E-state index in [9.17, 15) is 12.8 Å². The van der Waals surface area contributed by atoms with Gasteiger partial charge in [-0.1, -0.05) is 12.1 Å². The monoisotopic (exact) mass is 350 g/mol. The van der Waals surface area contributed by atoms with Gasteiger partial charge in [0.05, 0.1) is 11.5 Å². The molecule has 1 unspecified atom stereocenters. The summed E-state index contributed by atoms with van der Waals surface area (Å²) in [5.41, 5.74) is 1.03. The summed E-state index contributed by atoms with van der Waals surface area (Å²) in [6.07, 6.45) is 2.78. The van der Waals surface area contributed by atoms with Crippen LogP contribution in [0.1, 0.15) is 12.0 Å². The summed E-state index contributed by atoms with van der Waals surface area (Å²) >= 11 is 0. The fourth-order valence-electron chi connectivity index (χ4n) is 2.64. The van der Waals surface area contributed by atoms with Crippen LogP contribution in [0.2, 0.25) is 0 Å². The van der Waals surface area contributed by atoms with Crippen molar-refractivity contribution < 1.29 is 12.8 Å². The van der Waals surface area contributed by atoms with Gasteiger partial charge in [-0.05, 0) is 30.5 Å². The maximum absolute atomic E-state index is 12.9. The minimum Gasteiger partial charge on any atom is -0.370 e. The van der Waals surface area contributed by atoms with Crippen molar-refractivity contribution >= 4 is 21.5 Å². The third-order valence-electron chi connectivity index (χ3n) is 3.88. The average Bonchev–Trinajstić information content (AvgIpc) is 2.88. The van der Waals surface area contributed by atoms with Gasteiger partial charge in [0.2, 0.25) is 0 Å². The van der Waals surface area contributed by atoms with E-state index in [4.69, 9.17) is 0 Å². The van der Waals surface area contributed by atoms with Crippen molar-refractivity contribution in [3.05, 3.63) is 48.0 Å². The maximum atomic E-state index is 12.9. The minimum absolute atomic E-state index is 0.100. The number of hydrogen-bond donors (Lipinski definition) is 2. The lowest BCUT2D eigenvalue weighted by Gasteiger charge is -2.12. The molecule has 1 aromatic carbocycles. The van der Waals surface area contributed by atoms with Gasteiger partial charge in [0.1, 0.15) is 23.8 Å². The molecule has 2 aromatic rings. The Kier molecular flexibility index (Phi) is 4.94. The van der Waals surface area contributed by atoms with E-state index in [0.29, 0.717) is 24.6 Å². The molecule has 1 aromatic heterocycles. The summed E-state index contributed by atoms with van der Waals surface area (Å²) in [4.78, 5) is 8.28. The Morgan fingerprint density at radius 1 is 1.17 bits per heavy atom. The number of benzene rings is 1. The second kappa shape index (κ2) is 7.12. The number of halogens is 1. The predicted octanol–water partition coefficient (Wildman–Crippen LogP) is 1.87. The van der Waals surface area contributed by atoms with E-state index in [0.717, 1.165) is 12.0 Å². The molecule has 2 N–H and O–H groups in total. The van der Waals surface area contributed by atoms with E-state index in [2.05, 4.69) is 20.6 Å². The van der Waals surface area contributed by atoms with Gasteiger partial charge in [-0.25, -0.2) is 22.8 Å². The maximum Gasteiger partial charge on any atom is 0.152 e. The zero-order valence-electron chi connectivity index (χ0n) is 13.1. The molecular weight excluding hydrogens is 331 g/mol. The molecule has 128 valence electrons. The number of sulfone groups is 1. The van der Waals surface area contributed by atoms with Crippen molar-refractivity contribution in [2.24, 2.45) is 0 Å². The summed E-state index contributed by atoms with van der Waals surface area (Å²) in [7, 11) is -2.92. The highest BCUT2D eigenvalue weighted by Gasteiger charge is 2.27. The molecule has 1 atom stereocenters. The fraction of sp³-hybridized carbons (Fsp3) is 0.375. The Labute approximate surface area is 140 Å². The standard InChI is InChI=1S/C16H19FN4O2S/c17-13-3-1-12(2-4-13)5-7-18-15-9-16(20-11-19-15)21-14-6-8-24(22,23)10-14/h1-4,9,11,14H,5-8,10H2,(H2,18,19,20,21). The zero-order chi connectivity index (χ0) is 17.0. The van der Waals surface area contributed by atoms with Crippen LogP contribution in [0.3, 0.4) is 0 Å². The Morgan fingerprint density at radius 3 is 2.62 bits per heavy atom. The molecule has 6 nitrogen and oxygen atoms in total. The summed E-state index contributed by atoms with van der Waals surface area (Å²) < 4.78 is 35.8. The lowest BCUT2D eigenvalue weighted by atomic mass is 10.1. The van der Waals surface area contributed by atoms with Crippen LogP contribution in [0.25, 0.3) is 0 Å². The van der Waals surface area contributed by atoms with Crippen molar-refractivity contribution in [1.29, 1.82) is 0 Å². The molecule has 0 radical (unpaired) electrons. The Hall–Kier alpha value is -2.22. The van der Waals surface area contributed by atoms with Crippen LogP contribution < -0.4 is 10.6 Å². The third-order valence-corrected chi connectivity index (χ3v) is 5.65. The topological polar surface area (TPSA) is 84.0 Å². The Balaban J connectivity index is 1.52. The number of rotatable bonds is 6. The van der Waals surface area contributed by atoms with Crippen LogP contribution >= 0.6 is 0 Å². The Bertz CT molecular complexity index is 796. The molecule has 2 heterocycles. The molecular formula is C16H19FN4O2S. The zero-order valence-corrected chi connectivity index (χ0v) is 13.9. The molecule has 1 fully saturated rings. The van der Waals surface area contributed by atoms with Gasteiger partial charge in [-0.3, -0.25) is 0 Å². The van der Waals surface area contributed by atoms with E-state index >= 15 is 0 Å². The Morgan fingerprint density at radius 2 is 1.92 bits per heavy atom. The highest BCUT2D eigenvalue weighted by molar-refractivity contribution is 7.91. The SMILES string of the molecule is O=S1(=O)CCC(Nc2cc(NCCc3ccc(F)cc3)ncn2)C1. The molecule has 0 amide bonds. The van der Waals surface area contributed by atoms with Crippen molar-refractivity contribution in [2.75, 3.05) is 28.7 Å². The summed E-state index contributed by atoms with van der Waals surface area (Å²) in [5.74, 6) is 1.39. The second-order valence-corrected chi connectivity index (χ2v) is 8.06. The average molecular weight is 350 g/mol. The van der Waals surface area contributed by atoms with E-state index in [1.54, 1.807) is 18.2 Å². The quantitative estimate of drug-likeness (QED) is 0.827. The van der Waals surface area contributed by atoms with Crippen molar-refractivity contribution in [3.63, 3.8) is 0 Å². The van der Waals surface area contributed by atoms with Crippen molar-refractivity contribution in [2.45, 2.75) is 18.9 Å². The van der Waals surface area contributed by atoms with E-state index in [1.807, 2.05) is 0 Å². The molecule has 3 rings (SSSR count). The second-order valence-electron chi connectivity index (χ2n) is 5.84. The van der Waals surface area contributed by atoms with Gasteiger partial charge in [0, 0.05) is 18.7 Å². The third kappa shape index (κ3) is 4.64. The van der Waals surface area contributed by atoms with E-state index < -0.39 is 9.84 Å². The normalized spacial score (nSPS) is 19.1. The molecule has 8 heteroatoms. The van der Waals surface area contributed by atoms with Crippen LogP contribution in [-0.4, -0.2) is 42.5 Å². The first-order valence-electron chi connectivity index (χ1n) is 7.77. The number of anilines is 2. The molecule has 1 aliphatic heterocycles. The number of hydrogen-bond acceptors (Lipinski definition) is 6. The molecule has 24 heavy (non-hydrogen) atoms. The van der Waals surface area contributed by atoms with Crippen molar-refractivity contribution in [3.8, 4) is 0 Å². The van der Waals surface area contributed by atoms with Crippen LogP contribution in [0, 0.1) is 5.82 Å². The van der Waals surface area contributed by atoms with E-state index in [1.165, 1.54) is 18.5 Å². The van der Waals surface area contributed by atoms with Crippen LogP contribution in [0.5, 0.6) is 0 Å². The van der Waals surface area contributed by atoms with Crippen LogP contribution in [-0.2, 0) is 16.3 Å². The van der Waals surface area contributed by atoms with Gasteiger partial charge in [-0.2, -0.15) is 0 Å². The van der Waals surface area contributed by atoms with Gasteiger partial charge in [0.15, 0.2) is 9.84 Å². The predicted molar refractivity (Wildman–Crippen MR) is 91.3 cm³/mol. The summed E-state index contributed by atoms with van der Waals surface area (Å²) in [6.45, 7) is 0.653. The van der Waals surface area contributed by atoms with Gasteiger partial charge >= 0.3 is 0 Å². The number of nitrogens with zero attached hydrogens (tertiary/aromatic N) is 2. The van der Waals surface area contributed by atoms with E-state index in [-0.39, 0.29) is 23.4 Å². The lowest BCUT2D eigenvalue weighted by Crippen LogP contribution is -2.21. The molecule has 1 saturated heterocycles. The molecule has 0 spiro atoms. The van der Waals surface area contributed by atoms with Crippen LogP contribution in [0.4, 0.5) is 16.0 Å². The first-order chi connectivity index (χ1) is 11.5. The molecule has 0 aliphatic carbocycles. The first kappa shape index (κ1) is 16.6. The largest absolute Gasteiger partial charge is 0.370 e. The smallest absolute Gasteiger partial charge is 0.152 e. The summed E-state index contributed by atoms with van der Waals surface area (Å²) in [6, 6.07) is 8.05. The van der Waals surface area contributed by atoms with Crippen LogP contribution in [0.15, 0.2) is 36.7 Å². The number of nitrogens with one attached hydrogen (secondary N) is 2. The molecule has 0 bridgehead atoms. The molecule has 1 aliphatic rings. The van der Waals surface area contributed by atoms with Gasteiger partial charge < -0.3 is 10.6 Å².